The average molecular weight is 366 g/mol. The van der Waals surface area contributed by atoms with E-state index in [1.54, 1.807) is 0 Å². The Hall–Kier alpha value is -0.460. The molecule has 2 saturated heterocycles. The maximum absolute atomic E-state index is 11.8. The first-order valence-electron chi connectivity index (χ1n) is 10.1. The summed E-state index contributed by atoms with van der Waals surface area (Å²) in [5, 5.41) is 33.6. The smallest absolute Gasteiger partial charge is 0.0992 e. The maximum Gasteiger partial charge on any atom is 0.0992 e. The lowest BCUT2D eigenvalue weighted by Gasteiger charge is -2.60. The molecule has 148 valence electrons. The molecule has 7 atom stereocenters. The Bertz CT molecular complexity index is 614. The molecule has 0 radical (unpaired) electrons. The van der Waals surface area contributed by atoms with Gasteiger partial charge in [0, 0.05) is 23.2 Å². The van der Waals surface area contributed by atoms with Crippen molar-refractivity contribution in [2.75, 3.05) is 19.8 Å². The number of hydrogen-bond acceptors (Lipinski definition) is 5. The van der Waals surface area contributed by atoms with Crippen LogP contribution in [-0.2, 0) is 9.47 Å². The fraction of sp³-hybridized carbons (Fsp3) is 0.905. The van der Waals surface area contributed by atoms with Crippen LogP contribution in [0.1, 0.15) is 53.4 Å². The Morgan fingerprint density at radius 2 is 1.85 bits per heavy atom. The molecule has 2 aliphatic carbocycles. The Kier molecular flexibility index (Phi) is 4.37. The van der Waals surface area contributed by atoms with E-state index in [0.29, 0.717) is 38.4 Å². The average Bonchev–Trinajstić information content (AvgIpc) is 2.52. The lowest BCUT2D eigenvalue weighted by molar-refractivity contribution is -0.252. The van der Waals surface area contributed by atoms with E-state index in [9.17, 15) is 15.3 Å². The van der Waals surface area contributed by atoms with Gasteiger partial charge in [0.2, 0.25) is 0 Å². The second-order valence-corrected chi connectivity index (χ2v) is 9.99. The normalized spacial score (nSPS) is 51.1. The molecule has 3 fully saturated rings. The van der Waals surface area contributed by atoms with Crippen molar-refractivity contribution in [1.29, 1.82) is 0 Å². The van der Waals surface area contributed by atoms with Gasteiger partial charge in [-0.05, 0) is 37.7 Å². The van der Waals surface area contributed by atoms with Gasteiger partial charge < -0.3 is 24.8 Å². The summed E-state index contributed by atoms with van der Waals surface area (Å²) < 4.78 is 11.7. The molecule has 2 aliphatic heterocycles. The minimum absolute atomic E-state index is 0.101. The highest BCUT2D eigenvalue weighted by atomic mass is 16.5. The number of ether oxygens (including phenoxy) is 2. The first-order chi connectivity index (χ1) is 12.1. The number of aliphatic hydroxyl groups excluding tert-OH is 2. The molecular weight excluding hydrogens is 332 g/mol. The van der Waals surface area contributed by atoms with Gasteiger partial charge in [-0.15, -0.1) is 0 Å². The second kappa shape index (κ2) is 6.02. The van der Waals surface area contributed by atoms with Gasteiger partial charge in [0.1, 0.15) is 0 Å². The summed E-state index contributed by atoms with van der Waals surface area (Å²) in [6.07, 6.45) is 1.62. The molecule has 0 aromatic heterocycles. The van der Waals surface area contributed by atoms with E-state index in [4.69, 9.17) is 9.47 Å². The molecule has 2 bridgehead atoms. The van der Waals surface area contributed by atoms with Crippen molar-refractivity contribution in [2.45, 2.75) is 77.3 Å². The largest absolute Gasteiger partial charge is 0.392 e. The number of aliphatic hydroxyl groups is 3. The quantitative estimate of drug-likeness (QED) is 0.572. The summed E-state index contributed by atoms with van der Waals surface area (Å²) in [4.78, 5) is 0. The molecule has 0 amide bonds. The number of rotatable bonds is 0. The Labute approximate surface area is 156 Å². The van der Waals surface area contributed by atoms with Gasteiger partial charge in [-0.2, -0.15) is 0 Å². The maximum atomic E-state index is 11.8. The van der Waals surface area contributed by atoms with Gasteiger partial charge in [0.25, 0.3) is 0 Å². The predicted octanol–water partition coefficient (Wildman–Crippen LogP) is 2.04. The van der Waals surface area contributed by atoms with E-state index in [-0.39, 0.29) is 18.6 Å². The van der Waals surface area contributed by atoms with Gasteiger partial charge in [0.15, 0.2) is 0 Å². The van der Waals surface area contributed by atoms with Crippen LogP contribution in [0.4, 0.5) is 0 Å². The summed E-state index contributed by atoms with van der Waals surface area (Å²) in [6.45, 7) is 9.59. The van der Waals surface area contributed by atoms with Crippen LogP contribution < -0.4 is 0 Å². The summed E-state index contributed by atoms with van der Waals surface area (Å²) in [7, 11) is 0. The van der Waals surface area contributed by atoms with Crippen LogP contribution in [0.25, 0.3) is 0 Å². The molecule has 5 nitrogen and oxygen atoms in total. The summed E-state index contributed by atoms with van der Waals surface area (Å²) in [5.74, 6) is 0.510. The lowest BCUT2D eigenvalue weighted by atomic mass is 9.51. The SMILES string of the molecule is CC1=C2C(O)COCC3(C)C(O)CC4OCC4C3CC(O)(CC1)C2(C)C. The van der Waals surface area contributed by atoms with Crippen LogP contribution in [0.5, 0.6) is 0 Å². The molecule has 5 heteroatoms. The van der Waals surface area contributed by atoms with Crippen LogP contribution in [-0.4, -0.2) is 59.1 Å². The van der Waals surface area contributed by atoms with E-state index in [0.717, 1.165) is 12.0 Å². The molecule has 0 spiro atoms. The minimum atomic E-state index is -0.900. The zero-order chi connectivity index (χ0) is 18.9. The summed E-state index contributed by atoms with van der Waals surface area (Å²) >= 11 is 0. The number of fused-ring (bicyclic) bond motifs is 5. The zero-order valence-electron chi connectivity index (χ0n) is 16.5. The van der Waals surface area contributed by atoms with Gasteiger partial charge in [-0.1, -0.05) is 26.3 Å². The molecule has 4 aliphatic rings. The van der Waals surface area contributed by atoms with Crippen molar-refractivity contribution in [1.82, 2.24) is 0 Å². The zero-order valence-corrected chi connectivity index (χ0v) is 16.5. The van der Waals surface area contributed by atoms with Gasteiger partial charge in [0.05, 0.1) is 43.7 Å². The van der Waals surface area contributed by atoms with E-state index < -0.39 is 28.6 Å². The first-order valence-corrected chi connectivity index (χ1v) is 10.1. The highest BCUT2D eigenvalue weighted by molar-refractivity contribution is 5.32. The third-order valence-electron chi connectivity index (χ3n) is 8.35. The van der Waals surface area contributed by atoms with Gasteiger partial charge in [-0.3, -0.25) is 0 Å². The molecule has 0 aromatic carbocycles. The molecule has 1 saturated carbocycles. The summed E-state index contributed by atoms with van der Waals surface area (Å²) in [6, 6.07) is 0. The summed E-state index contributed by atoms with van der Waals surface area (Å²) in [5.41, 5.74) is 0.257. The van der Waals surface area contributed by atoms with Crippen LogP contribution in [0.2, 0.25) is 0 Å². The van der Waals surface area contributed by atoms with E-state index >= 15 is 0 Å². The first kappa shape index (κ1) is 18.9. The highest BCUT2D eigenvalue weighted by Gasteiger charge is 2.60. The predicted molar refractivity (Wildman–Crippen MR) is 97.6 cm³/mol. The van der Waals surface area contributed by atoms with Crippen molar-refractivity contribution < 1.29 is 24.8 Å². The second-order valence-electron chi connectivity index (χ2n) is 9.99. The van der Waals surface area contributed by atoms with Gasteiger partial charge in [-0.25, -0.2) is 0 Å². The van der Waals surface area contributed by atoms with Crippen LogP contribution >= 0.6 is 0 Å². The van der Waals surface area contributed by atoms with Crippen molar-refractivity contribution in [2.24, 2.45) is 22.7 Å². The van der Waals surface area contributed by atoms with Crippen molar-refractivity contribution >= 4 is 0 Å². The third-order valence-corrected chi connectivity index (χ3v) is 8.35. The van der Waals surface area contributed by atoms with E-state index in [1.165, 1.54) is 5.57 Å². The van der Waals surface area contributed by atoms with Crippen molar-refractivity contribution in [3.8, 4) is 0 Å². The van der Waals surface area contributed by atoms with Crippen LogP contribution in [0.15, 0.2) is 11.1 Å². The molecule has 0 aromatic rings. The Morgan fingerprint density at radius 1 is 1.12 bits per heavy atom. The Morgan fingerprint density at radius 3 is 2.50 bits per heavy atom. The standard InChI is InChI=1S/C21H34O5/c1-12-5-6-21(24)8-14-13-9-26-16(13)7-17(23)20(14,4)11-25-10-15(22)18(12)19(21,2)3/h13-17,22-24H,5-11H2,1-4H3. The molecular formula is C21H34O5. The molecule has 26 heavy (non-hydrogen) atoms. The fourth-order valence-electron chi connectivity index (χ4n) is 6.30. The van der Waals surface area contributed by atoms with E-state index in [2.05, 4.69) is 27.7 Å². The molecule has 3 N–H and O–H groups in total. The molecule has 2 heterocycles. The highest BCUT2D eigenvalue weighted by Crippen LogP contribution is 2.58. The topological polar surface area (TPSA) is 79.2 Å². The Balaban J connectivity index is 1.78. The van der Waals surface area contributed by atoms with E-state index in [1.807, 2.05) is 0 Å². The lowest BCUT2D eigenvalue weighted by Crippen LogP contribution is -2.64. The van der Waals surface area contributed by atoms with Crippen molar-refractivity contribution in [3.05, 3.63) is 11.1 Å². The monoisotopic (exact) mass is 366 g/mol. The number of allylic oxidation sites excluding steroid dienone is 1. The molecule has 4 rings (SSSR count). The third kappa shape index (κ3) is 2.47. The number of hydrogen-bond donors (Lipinski definition) is 3. The van der Waals surface area contributed by atoms with Crippen molar-refractivity contribution in [3.63, 3.8) is 0 Å². The van der Waals surface area contributed by atoms with Crippen LogP contribution in [0.3, 0.4) is 0 Å². The van der Waals surface area contributed by atoms with Crippen LogP contribution in [0, 0.1) is 22.7 Å². The molecule has 7 unspecified atom stereocenters. The van der Waals surface area contributed by atoms with Gasteiger partial charge >= 0.3 is 0 Å². The minimum Gasteiger partial charge on any atom is -0.392 e. The fourth-order valence-corrected chi connectivity index (χ4v) is 6.30.